The highest BCUT2D eigenvalue weighted by molar-refractivity contribution is 6.12. The molecule has 14 aromatic rings. The molecule has 298 valence electrons. The van der Waals surface area contributed by atoms with Gasteiger partial charge in [-0.05, 0) is 130 Å². The molecule has 0 unspecified atom stereocenters. The van der Waals surface area contributed by atoms with Gasteiger partial charge < -0.3 is 18.0 Å². The smallest absolute Gasteiger partial charge is 0.135 e. The van der Waals surface area contributed by atoms with Gasteiger partial charge in [0.1, 0.15) is 22.3 Å². The van der Waals surface area contributed by atoms with Gasteiger partial charge in [0.15, 0.2) is 0 Å². The van der Waals surface area contributed by atoms with E-state index in [-0.39, 0.29) is 0 Å². The zero-order valence-corrected chi connectivity index (χ0v) is 34.4. The molecule has 5 aromatic heterocycles. The van der Waals surface area contributed by atoms with Crippen LogP contribution in [0.15, 0.2) is 221 Å². The van der Waals surface area contributed by atoms with Gasteiger partial charge in [-0.25, -0.2) is 0 Å². The number of hydrogen-bond donors (Lipinski definition) is 0. The molecule has 14 rings (SSSR count). The summed E-state index contributed by atoms with van der Waals surface area (Å²) in [5.74, 6) is 0. The Hall–Kier alpha value is -8.67. The van der Waals surface area contributed by atoms with Crippen molar-refractivity contribution in [2.75, 3.05) is 0 Å². The topological polar surface area (TPSA) is 49.0 Å². The van der Waals surface area contributed by atoms with E-state index in [9.17, 15) is 0 Å². The number of rotatable bonds is 5. The monoisotopic (exact) mass is 817 g/mol. The third-order valence-corrected chi connectivity index (χ3v) is 13.2. The van der Waals surface area contributed by atoms with E-state index in [0.29, 0.717) is 0 Å². The molecular weight excluding hydrogens is 783 g/mol. The Balaban J connectivity index is 0.932. The summed E-state index contributed by atoms with van der Waals surface area (Å²) in [7, 11) is 0. The standard InChI is InChI=1S/C59H35N3O2/c1-6-17-53-44(12-1)45-13-2-7-18-54(45)62(53)43-30-40(29-41(31-43)39-21-24-57-49(33-39)48-15-4-8-19-56(48)63-57)37-11-9-10-36(28-37)38-20-23-58-50(32-38)51-34-42(22-25-59(51)64-58)61-52-16-5-3-14-46(52)47-26-27-60-35-55(47)61/h1-35H. The first-order chi connectivity index (χ1) is 31.7. The van der Waals surface area contributed by atoms with Crippen molar-refractivity contribution in [1.29, 1.82) is 0 Å². The fraction of sp³-hybridized carbons (Fsp3) is 0. The summed E-state index contributed by atoms with van der Waals surface area (Å²) in [6.45, 7) is 0. The van der Waals surface area contributed by atoms with E-state index >= 15 is 0 Å². The maximum atomic E-state index is 6.46. The van der Waals surface area contributed by atoms with Crippen molar-refractivity contribution in [3.63, 3.8) is 0 Å². The first kappa shape index (κ1) is 35.0. The summed E-state index contributed by atoms with van der Waals surface area (Å²) >= 11 is 0. The van der Waals surface area contributed by atoms with Crippen molar-refractivity contribution < 1.29 is 8.83 Å². The summed E-state index contributed by atoms with van der Waals surface area (Å²) in [6.07, 6.45) is 3.83. The minimum atomic E-state index is 0.861. The van der Waals surface area contributed by atoms with Crippen molar-refractivity contribution in [1.82, 2.24) is 14.1 Å². The Labute approximate surface area is 366 Å². The number of pyridine rings is 1. The predicted molar refractivity (Wildman–Crippen MR) is 264 cm³/mol. The molecule has 0 atom stereocenters. The number of para-hydroxylation sites is 4. The highest BCUT2D eigenvalue weighted by atomic mass is 16.3. The van der Waals surface area contributed by atoms with E-state index in [1.54, 1.807) is 0 Å². The molecule has 0 amide bonds. The number of benzene rings is 9. The maximum absolute atomic E-state index is 6.46. The average molecular weight is 818 g/mol. The van der Waals surface area contributed by atoms with E-state index in [2.05, 4.69) is 202 Å². The largest absolute Gasteiger partial charge is 0.456 e. The highest BCUT2D eigenvalue weighted by Crippen LogP contribution is 2.41. The molecule has 0 aliphatic heterocycles. The number of nitrogens with zero attached hydrogens (tertiary/aromatic N) is 3. The van der Waals surface area contributed by atoms with E-state index in [4.69, 9.17) is 8.83 Å². The third-order valence-electron chi connectivity index (χ3n) is 13.2. The molecule has 0 bridgehead atoms. The second kappa shape index (κ2) is 13.4. The molecule has 0 aliphatic carbocycles. The van der Waals surface area contributed by atoms with Crippen LogP contribution < -0.4 is 0 Å². The molecule has 0 fully saturated rings. The minimum Gasteiger partial charge on any atom is -0.456 e. The SMILES string of the molecule is c1cc(-c2cc(-c3ccc4oc5ccccc5c4c3)cc(-n3c4ccccc4c4ccccc43)c2)cc(-c2ccc3oc4ccc(-n5c6ccccc6c6ccncc65)cc4c3c2)c1. The van der Waals surface area contributed by atoms with Crippen LogP contribution in [0.5, 0.6) is 0 Å². The summed E-state index contributed by atoms with van der Waals surface area (Å²) in [5, 5.41) is 9.25. The number of hydrogen-bond acceptors (Lipinski definition) is 3. The molecule has 5 nitrogen and oxygen atoms in total. The van der Waals surface area contributed by atoms with Gasteiger partial charge in [0.05, 0.1) is 28.3 Å². The fourth-order valence-electron chi connectivity index (χ4n) is 10.2. The molecular formula is C59H35N3O2. The first-order valence-corrected chi connectivity index (χ1v) is 21.7. The average Bonchev–Trinajstić information content (AvgIpc) is 4.11. The number of furan rings is 2. The van der Waals surface area contributed by atoms with Gasteiger partial charge in [-0.2, -0.15) is 0 Å². The fourth-order valence-corrected chi connectivity index (χ4v) is 10.2. The molecule has 0 spiro atoms. The van der Waals surface area contributed by atoms with Crippen LogP contribution in [0.1, 0.15) is 0 Å². The van der Waals surface area contributed by atoms with Crippen LogP contribution >= 0.6 is 0 Å². The summed E-state index contributed by atoms with van der Waals surface area (Å²) in [6, 6.07) is 71.9. The van der Waals surface area contributed by atoms with Gasteiger partial charge in [-0.3, -0.25) is 4.98 Å². The lowest BCUT2D eigenvalue weighted by molar-refractivity contribution is 0.668. The molecule has 0 radical (unpaired) electrons. The van der Waals surface area contributed by atoms with Crippen LogP contribution in [-0.2, 0) is 0 Å². The molecule has 0 aliphatic rings. The Morgan fingerprint density at radius 3 is 1.39 bits per heavy atom. The predicted octanol–water partition coefficient (Wildman–Crippen LogP) is 16.1. The minimum absolute atomic E-state index is 0.861. The molecule has 0 N–H and O–H groups in total. The number of fused-ring (bicyclic) bond motifs is 12. The maximum Gasteiger partial charge on any atom is 0.135 e. The lowest BCUT2D eigenvalue weighted by Crippen LogP contribution is -1.96. The van der Waals surface area contributed by atoms with Gasteiger partial charge in [-0.1, -0.05) is 103 Å². The third kappa shape index (κ3) is 5.22. The molecule has 5 heteroatoms. The lowest BCUT2D eigenvalue weighted by Gasteiger charge is -2.15. The van der Waals surface area contributed by atoms with Gasteiger partial charge >= 0.3 is 0 Å². The van der Waals surface area contributed by atoms with Crippen molar-refractivity contribution in [3.8, 4) is 44.8 Å². The van der Waals surface area contributed by atoms with Crippen molar-refractivity contribution in [2.45, 2.75) is 0 Å². The second-order valence-corrected chi connectivity index (χ2v) is 16.8. The normalized spacial score (nSPS) is 12.1. The van der Waals surface area contributed by atoms with E-state index in [1.165, 1.54) is 32.6 Å². The van der Waals surface area contributed by atoms with Crippen LogP contribution in [0.4, 0.5) is 0 Å². The molecule has 5 heterocycles. The van der Waals surface area contributed by atoms with Crippen LogP contribution in [0.2, 0.25) is 0 Å². The first-order valence-electron chi connectivity index (χ1n) is 21.7. The van der Waals surface area contributed by atoms with Gasteiger partial charge in [0.25, 0.3) is 0 Å². The Morgan fingerprint density at radius 2 is 0.734 bits per heavy atom. The zero-order chi connectivity index (χ0) is 41.9. The van der Waals surface area contributed by atoms with Gasteiger partial charge in [0.2, 0.25) is 0 Å². The molecule has 0 saturated heterocycles. The number of aromatic nitrogens is 3. The van der Waals surface area contributed by atoms with Crippen LogP contribution in [-0.4, -0.2) is 14.1 Å². The Kier molecular flexibility index (Phi) is 7.33. The van der Waals surface area contributed by atoms with E-state index in [0.717, 1.165) is 99.7 Å². The van der Waals surface area contributed by atoms with Crippen molar-refractivity contribution >= 4 is 87.5 Å². The van der Waals surface area contributed by atoms with Crippen LogP contribution in [0.3, 0.4) is 0 Å². The summed E-state index contributed by atoms with van der Waals surface area (Å²) in [5.41, 5.74) is 17.1. The quantitative estimate of drug-likeness (QED) is 0.174. The van der Waals surface area contributed by atoms with Crippen molar-refractivity contribution in [2.24, 2.45) is 0 Å². The van der Waals surface area contributed by atoms with E-state index < -0.39 is 0 Å². The van der Waals surface area contributed by atoms with Crippen molar-refractivity contribution in [3.05, 3.63) is 213 Å². The molecule has 64 heavy (non-hydrogen) atoms. The van der Waals surface area contributed by atoms with Gasteiger partial charge in [-0.15, -0.1) is 0 Å². The summed E-state index contributed by atoms with van der Waals surface area (Å²) < 4.78 is 17.4. The second-order valence-electron chi connectivity index (χ2n) is 16.8. The zero-order valence-electron chi connectivity index (χ0n) is 34.4. The van der Waals surface area contributed by atoms with Crippen LogP contribution in [0.25, 0.3) is 132 Å². The Morgan fingerprint density at radius 1 is 0.281 bits per heavy atom. The van der Waals surface area contributed by atoms with Gasteiger partial charge in [0, 0.05) is 60.7 Å². The molecule has 9 aromatic carbocycles. The van der Waals surface area contributed by atoms with E-state index in [1.807, 2.05) is 24.5 Å². The summed E-state index contributed by atoms with van der Waals surface area (Å²) in [4.78, 5) is 4.51. The molecule has 0 saturated carbocycles. The van der Waals surface area contributed by atoms with Crippen LogP contribution in [0, 0.1) is 0 Å². The lowest BCUT2D eigenvalue weighted by atomic mass is 9.94. The highest BCUT2D eigenvalue weighted by Gasteiger charge is 2.18. The Bertz CT molecular complexity index is 4110.